The number of hydrogen-bond acceptors (Lipinski definition) is 1. The van der Waals surface area contributed by atoms with Crippen molar-refractivity contribution in [2.75, 3.05) is 5.32 Å². The van der Waals surface area contributed by atoms with Crippen LogP contribution >= 0.6 is 0 Å². The van der Waals surface area contributed by atoms with Crippen molar-refractivity contribution in [1.82, 2.24) is 0 Å². The van der Waals surface area contributed by atoms with Crippen LogP contribution < -0.4 is 5.32 Å². The fourth-order valence-corrected chi connectivity index (χ4v) is 2.26. The number of benzene rings is 2. The van der Waals surface area contributed by atoms with Gasteiger partial charge in [-0.25, -0.2) is 0 Å². The molecule has 0 saturated heterocycles. The largest absolute Gasteiger partial charge is 0.322 e. The van der Waals surface area contributed by atoms with Gasteiger partial charge in [-0.2, -0.15) is 0 Å². The molecule has 0 aromatic heterocycles. The topological polar surface area (TPSA) is 29.1 Å². The predicted molar refractivity (Wildman–Crippen MR) is 84.3 cm³/mol. The smallest absolute Gasteiger partial charge is 0.255 e. The Bertz CT molecular complexity index is 599. The Morgan fingerprint density at radius 1 is 1.05 bits per heavy atom. The van der Waals surface area contributed by atoms with Gasteiger partial charge >= 0.3 is 0 Å². The van der Waals surface area contributed by atoms with Crippen LogP contribution in [0.4, 0.5) is 5.69 Å². The van der Waals surface area contributed by atoms with E-state index in [1.807, 2.05) is 50.2 Å². The van der Waals surface area contributed by atoms with Gasteiger partial charge in [-0.1, -0.05) is 43.2 Å². The highest BCUT2D eigenvalue weighted by Crippen LogP contribution is 2.17. The first-order chi connectivity index (χ1) is 9.60. The molecule has 0 heterocycles. The van der Waals surface area contributed by atoms with Gasteiger partial charge in [-0.15, -0.1) is 0 Å². The van der Waals surface area contributed by atoms with Gasteiger partial charge in [0, 0.05) is 11.3 Å². The second-order valence-corrected chi connectivity index (χ2v) is 5.22. The van der Waals surface area contributed by atoms with E-state index in [1.54, 1.807) is 0 Å². The second kappa shape index (κ2) is 6.38. The number of rotatable bonds is 4. The van der Waals surface area contributed by atoms with E-state index in [-0.39, 0.29) is 5.91 Å². The summed E-state index contributed by atoms with van der Waals surface area (Å²) in [6.45, 7) is 6.21. The molecule has 0 radical (unpaired) electrons. The zero-order valence-corrected chi connectivity index (χ0v) is 12.4. The van der Waals surface area contributed by atoms with Crippen LogP contribution in [-0.4, -0.2) is 5.91 Å². The monoisotopic (exact) mass is 267 g/mol. The van der Waals surface area contributed by atoms with Gasteiger partial charge in [0.15, 0.2) is 0 Å². The van der Waals surface area contributed by atoms with Gasteiger partial charge in [0.05, 0.1) is 0 Å². The zero-order valence-electron chi connectivity index (χ0n) is 12.4. The Kier molecular flexibility index (Phi) is 4.57. The van der Waals surface area contributed by atoms with Crippen molar-refractivity contribution in [3.05, 3.63) is 64.7 Å². The molecule has 0 atom stereocenters. The van der Waals surface area contributed by atoms with Gasteiger partial charge in [0.1, 0.15) is 0 Å². The first kappa shape index (κ1) is 14.3. The lowest BCUT2D eigenvalue weighted by Gasteiger charge is -2.09. The van der Waals surface area contributed by atoms with Crippen LogP contribution in [0.2, 0.25) is 0 Å². The highest BCUT2D eigenvalue weighted by atomic mass is 16.1. The molecule has 0 unspecified atom stereocenters. The average Bonchev–Trinajstić information content (AvgIpc) is 2.43. The number of amides is 1. The molecule has 1 N–H and O–H groups in total. The van der Waals surface area contributed by atoms with E-state index in [9.17, 15) is 4.79 Å². The molecule has 0 aliphatic heterocycles. The van der Waals surface area contributed by atoms with Crippen molar-refractivity contribution in [2.45, 2.75) is 33.6 Å². The number of nitrogens with one attached hydrogen (secondary N) is 1. The first-order valence-corrected chi connectivity index (χ1v) is 7.07. The second-order valence-electron chi connectivity index (χ2n) is 5.22. The SMILES string of the molecule is CCCc1ccc(C(=O)Nc2ccc(C)cc2C)cc1. The van der Waals surface area contributed by atoms with Crippen LogP contribution in [0.1, 0.15) is 40.4 Å². The van der Waals surface area contributed by atoms with E-state index < -0.39 is 0 Å². The average molecular weight is 267 g/mol. The quantitative estimate of drug-likeness (QED) is 0.867. The Balaban J connectivity index is 2.11. The van der Waals surface area contributed by atoms with Crippen LogP contribution in [0.3, 0.4) is 0 Å². The maximum Gasteiger partial charge on any atom is 0.255 e. The first-order valence-electron chi connectivity index (χ1n) is 7.07. The maximum absolute atomic E-state index is 12.2. The lowest BCUT2D eigenvalue weighted by molar-refractivity contribution is 0.102. The minimum Gasteiger partial charge on any atom is -0.322 e. The molecule has 2 aromatic carbocycles. The summed E-state index contributed by atoms with van der Waals surface area (Å²) in [5.41, 5.74) is 5.13. The van der Waals surface area contributed by atoms with Gasteiger partial charge in [-0.05, 0) is 49.6 Å². The number of hydrogen-bond donors (Lipinski definition) is 1. The molecule has 2 aromatic rings. The van der Waals surface area contributed by atoms with Crippen molar-refractivity contribution in [3.63, 3.8) is 0 Å². The lowest BCUT2D eigenvalue weighted by Crippen LogP contribution is -2.12. The molecule has 1 amide bonds. The summed E-state index contributed by atoms with van der Waals surface area (Å²) >= 11 is 0. The summed E-state index contributed by atoms with van der Waals surface area (Å²) in [7, 11) is 0. The van der Waals surface area contributed by atoms with Crippen LogP contribution in [0.25, 0.3) is 0 Å². The van der Waals surface area contributed by atoms with E-state index in [4.69, 9.17) is 0 Å². The molecule has 0 aliphatic carbocycles. The molecule has 104 valence electrons. The third-order valence-electron chi connectivity index (χ3n) is 3.38. The summed E-state index contributed by atoms with van der Waals surface area (Å²) < 4.78 is 0. The molecule has 2 rings (SSSR count). The van der Waals surface area contributed by atoms with E-state index in [0.29, 0.717) is 5.56 Å². The predicted octanol–water partition coefficient (Wildman–Crippen LogP) is 4.51. The summed E-state index contributed by atoms with van der Waals surface area (Å²) in [5, 5.41) is 2.97. The molecular weight excluding hydrogens is 246 g/mol. The number of anilines is 1. The van der Waals surface area contributed by atoms with Crippen molar-refractivity contribution in [1.29, 1.82) is 0 Å². The number of aryl methyl sites for hydroxylation is 3. The minimum atomic E-state index is -0.0556. The molecule has 0 bridgehead atoms. The summed E-state index contributed by atoms with van der Waals surface area (Å²) in [6, 6.07) is 13.9. The summed E-state index contributed by atoms with van der Waals surface area (Å²) in [6.07, 6.45) is 2.17. The van der Waals surface area contributed by atoms with Crippen LogP contribution in [0.15, 0.2) is 42.5 Å². The van der Waals surface area contributed by atoms with E-state index >= 15 is 0 Å². The highest BCUT2D eigenvalue weighted by molar-refractivity contribution is 6.04. The van der Waals surface area contributed by atoms with E-state index in [2.05, 4.69) is 18.3 Å². The molecule has 20 heavy (non-hydrogen) atoms. The third-order valence-corrected chi connectivity index (χ3v) is 3.38. The van der Waals surface area contributed by atoms with Crippen LogP contribution in [0, 0.1) is 13.8 Å². The zero-order chi connectivity index (χ0) is 14.5. The van der Waals surface area contributed by atoms with Crippen molar-refractivity contribution in [2.24, 2.45) is 0 Å². The molecule has 2 heteroatoms. The summed E-state index contributed by atoms with van der Waals surface area (Å²) in [5.74, 6) is -0.0556. The molecule has 2 nitrogen and oxygen atoms in total. The lowest BCUT2D eigenvalue weighted by atomic mass is 10.1. The van der Waals surface area contributed by atoms with Gasteiger partial charge in [-0.3, -0.25) is 4.79 Å². The van der Waals surface area contributed by atoms with E-state index in [0.717, 1.165) is 24.1 Å². The summed E-state index contributed by atoms with van der Waals surface area (Å²) in [4.78, 5) is 12.2. The van der Waals surface area contributed by atoms with Gasteiger partial charge < -0.3 is 5.32 Å². The normalized spacial score (nSPS) is 10.3. The van der Waals surface area contributed by atoms with Crippen LogP contribution in [0.5, 0.6) is 0 Å². The Hall–Kier alpha value is -2.09. The highest BCUT2D eigenvalue weighted by Gasteiger charge is 2.07. The van der Waals surface area contributed by atoms with Crippen molar-refractivity contribution < 1.29 is 4.79 Å². The fourth-order valence-electron chi connectivity index (χ4n) is 2.26. The number of carbonyl (C=O) groups is 1. The molecule has 0 fully saturated rings. The minimum absolute atomic E-state index is 0.0556. The van der Waals surface area contributed by atoms with Crippen molar-refractivity contribution in [3.8, 4) is 0 Å². The van der Waals surface area contributed by atoms with Gasteiger partial charge in [0.25, 0.3) is 5.91 Å². The third kappa shape index (κ3) is 3.47. The molecule has 0 aliphatic rings. The van der Waals surface area contributed by atoms with E-state index in [1.165, 1.54) is 11.1 Å². The number of carbonyl (C=O) groups excluding carboxylic acids is 1. The Labute approximate surface area is 120 Å². The van der Waals surface area contributed by atoms with Gasteiger partial charge in [0.2, 0.25) is 0 Å². The molecule has 0 saturated carbocycles. The molecular formula is C18H21NO. The van der Waals surface area contributed by atoms with Crippen molar-refractivity contribution >= 4 is 11.6 Å². The standard InChI is InChI=1S/C18H21NO/c1-4-5-15-7-9-16(10-8-15)18(20)19-17-11-6-13(2)12-14(17)3/h6-12H,4-5H2,1-3H3,(H,19,20). The molecule has 0 spiro atoms. The van der Waals surface area contributed by atoms with Crippen LogP contribution in [-0.2, 0) is 6.42 Å². The maximum atomic E-state index is 12.2. The Morgan fingerprint density at radius 3 is 2.35 bits per heavy atom. The fraction of sp³-hybridized carbons (Fsp3) is 0.278. The Morgan fingerprint density at radius 2 is 1.75 bits per heavy atom.